The molecule has 2 aliphatic rings. The molecule has 0 bridgehead atoms. The molecular formula is C13H23NO4S. The maximum atomic E-state index is 12.2. The molecule has 2 aliphatic heterocycles. The summed E-state index contributed by atoms with van der Waals surface area (Å²) in [6, 6.07) is 0. The minimum absolute atomic E-state index is 0.207. The third-order valence-electron chi connectivity index (χ3n) is 3.10. The summed E-state index contributed by atoms with van der Waals surface area (Å²) >= 11 is 0. The van der Waals surface area contributed by atoms with Gasteiger partial charge in [-0.15, -0.1) is 6.58 Å². The van der Waals surface area contributed by atoms with Crippen LogP contribution in [0.15, 0.2) is 12.7 Å². The van der Waals surface area contributed by atoms with E-state index in [2.05, 4.69) is 11.3 Å². The van der Waals surface area contributed by atoms with Crippen molar-refractivity contribution in [1.82, 2.24) is 4.72 Å². The third-order valence-corrected chi connectivity index (χ3v) is 4.66. The van der Waals surface area contributed by atoms with E-state index >= 15 is 0 Å². The van der Waals surface area contributed by atoms with Crippen LogP contribution in [0, 0.1) is 0 Å². The summed E-state index contributed by atoms with van der Waals surface area (Å²) in [4.78, 5) is 0. The Bertz CT molecular complexity index is 391. The van der Waals surface area contributed by atoms with Gasteiger partial charge in [-0.1, -0.05) is 6.08 Å². The van der Waals surface area contributed by atoms with E-state index in [0.717, 1.165) is 0 Å². The molecule has 6 heteroatoms. The van der Waals surface area contributed by atoms with E-state index in [1.54, 1.807) is 6.08 Å². The van der Waals surface area contributed by atoms with Crippen LogP contribution < -0.4 is 4.72 Å². The molecule has 0 saturated carbocycles. The molecule has 0 aromatic carbocycles. The summed E-state index contributed by atoms with van der Waals surface area (Å²) in [5.41, 5.74) is 0. The molecule has 2 rings (SSSR count). The zero-order valence-corrected chi connectivity index (χ0v) is 13.0. The van der Waals surface area contributed by atoms with Gasteiger partial charge in [0.2, 0.25) is 0 Å². The normalized spacial score (nSPS) is 39.0. The highest BCUT2D eigenvalue weighted by Gasteiger charge is 2.54. The number of ether oxygens (including phenoxy) is 3. The fourth-order valence-corrected chi connectivity index (χ4v) is 2.95. The molecule has 0 aromatic heterocycles. The van der Waals surface area contributed by atoms with Gasteiger partial charge in [0.25, 0.3) is 0 Å². The SMILES string of the molecule is C=C[C@@H]1O[C@H](N[S@](=O)C(C)(C)C)[C@H]2OC(C)(C)O[C@H]21. The summed E-state index contributed by atoms with van der Waals surface area (Å²) in [5.74, 6) is -0.649. The van der Waals surface area contributed by atoms with E-state index in [4.69, 9.17) is 14.2 Å². The lowest BCUT2D eigenvalue weighted by molar-refractivity contribution is -0.183. The predicted octanol–water partition coefficient (Wildman–Crippen LogP) is 1.47. The standard InChI is InChI=1S/C13H23NO4S/c1-7-8-9-10(18-13(5,6)17-9)11(16-8)14-19(15)12(2,3)4/h7-11,14H,1H2,2-6H3/t8-,9-,10-,11-,19+/m0/s1. The molecule has 0 spiro atoms. The molecule has 0 amide bonds. The molecule has 0 radical (unpaired) electrons. The van der Waals surface area contributed by atoms with Crippen molar-refractivity contribution < 1.29 is 18.4 Å². The Morgan fingerprint density at radius 3 is 2.37 bits per heavy atom. The zero-order chi connectivity index (χ0) is 14.4. The first-order chi connectivity index (χ1) is 8.64. The molecule has 2 heterocycles. The quantitative estimate of drug-likeness (QED) is 0.799. The third kappa shape index (κ3) is 3.08. The van der Waals surface area contributed by atoms with Crippen molar-refractivity contribution in [2.75, 3.05) is 0 Å². The number of nitrogens with one attached hydrogen (secondary N) is 1. The molecule has 0 unspecified atom stereocenters. The second kappa shape index (κ2) is 4.93. The number of rotatable bonds is 3. The van der Waals surface area contributed by atoms with Crippen LogP contribution >= 0.6 is 0 Å². The van der Waals surface area contributed by atoms with Crippen molar-refractivity contribution in [3.05, 3.63) is 12.7 Å². The van der Waals surface area contributed by atoms with Gasteiger partial charge in [0.05, 0.1) is 15.7 Å². The van der Waals surface area contributed by atoms with Gasteiger partial charge in [-0.05, 0) is 34.6 Å². The van der Waals surface area contributed by atoms with Gasteiger partial charge in [0, 0.05) is 0 Å². The Labute approximate surface area is 117 Å². The molecule has 110 valence electrons. The molecular weight excluding hydrogens is 266 g/mol. The fourth-order valence-electron chi connectivity index (χ4n) is 2.20. The van der Waals surface area contributed by atoms with E-state index in [1.807, 2.05) is 34.6 Å². The maximum absolute atomic E-state index is 12.2. The van der Waals surface area contributed by atoms with Crippen molar-refractivity contribution in [1.29, 1.82) is 0 Å². The molecule has 2 saturated heterocycles. The van der Waals surface area contributed by atoms with Crippen LogP contribution in [-0.4, -0.2) is 39.3 Å². The second-order valence-corrected chi connectivity index (χ2v) is 8.32. The molecule has 5 nitrogen and oxygen atoms in total. The summed E-state index contributed by atoms with van der Waals surface area (Å²) < 4.78 is 32.2. The van der Waals surface area contributed by atoms with Crippen LogP contribution in [0.2, 0.25) is 0 Å². The first-order valence-corrected chi connectivity index (χ1v) is 7.61. The maximum Gasteiger partial charge on any atom is 0.164 e. The van der Waals surface area contributed by atoms with Gasteiger partial charge in [0.1, 0.15) is 24.5 Å². The highest BCUT2D eigenvalue weighted by molar-refractivity contribution is 7.84. The number of fused-ring (bicyclic) bond motifs is 1. The fraction of sp³-hybridized carbons (Fsp3) is 0.846. The predicted molar refractivity (Wildman–Crippen MR) is 73.7 cm³/mol. The van der Waals surface area contributed by atoms with Crippen molar-refractivity contribution >= 4 is 11.0 Å². The minimum Gasteiger partial charge on any atom is -0.349 e. The van der Waals surface area contributed by atoms with Crippen molar-refractivity contribution in [3.63, 3.8) is 0 Å². The summed E-state index contributed by atoms with van der Waals surface area (Å²) in [6.07, 6.45) is 0.520. The van der Waals surface area contributed by atoms with Gasteiger partial charge in [0.15, 0.2) is 5.79 Å². The Morgan fingerprint density at radius 2 is 1.84 bits per heavy atom. The van der Waals surface area contributed by atoms with E-state index in [0.29, 0.717) is 0 Å². The summed E-state index contributed by atoms with van der Waals surface area (Å²) in [6.45, 7) is 13.2. The lowest BCUT2D eigenvalue weighted by atomic mass is 10.1. The minimum atomic E-state index is -1.22. The highest BCUT2D eigenvalue weighted by Crippen LogP contribution is 2.38. The molecule has 0 aromatic rings. The van der Waals surface area contributed by atoms with Gasteiger partial charge in [-0.3, -0.25) is 0 Å². The van der Waals surface area contributed by atoms with Crippen LogP contribution in [0.25, 0.3) is 0 Å². The Morgan fingerprint density at radius 1 is 1.26 bits per heavy atom. The van der Waals surface area contributed by atoms with E-state index < -0.39 is 23.0 Å². The molecule has 5 atom stereocenters. The van der Waals surface area contributed by atoms with Crippen LogP contribution in [-0.2, 0) is 25.2 Å². The van der Waals surface area contributed by atoms with Crippen molar-refractivity contribution in [2.24, 2.45) is 0 Å². The number of hydrogen-bond acceptors (Lipinski definition) is 4. The summed E-state index contributed by atoms with van der Waals surface area (Å²) in [7, 11) is -1.22. The largest absolute Gasteiger partial charge is 0.349 e. The lowest BCUT2D eigenvalue weighted by Gasteiger charge is -2.26. The number of hydrogen-bond donors (Lipinski definition) is 1. The second-order valence-electron chi connectivity index (χ2n) is 6.32. The van der Waals surface area contributed by atoms with Crippen molar-refractivity contribution in [2.45, 2.75) is 69.7 Å². The Balaban J connectivity index is 2.11. The lowest BCUT2D eigenvalue weighted by Crippen LogP contribution is -2.46. The Hall–Kier alpha value is -0.270. The van der Waals surface area contributed by atoms with Crippen LogP contribution in [0.5, 0.6) is 0 Å². The molecule has 1 N–H and O–H groups in total. The van der Waals surface area contributed by atoms with E-state index in [1.165, 1.54) is 0 Å². The summed E-state index contributed by atoms with van der Waals surface area (Å²) in [5, 5.41) is 0. The highest BCUT2D eigenvalue weighted by atomic mass is 32.2. The smallest absolute Gasteiger partial charge is 0.164 e. The van der Waals surface area contributed by atoms with Crippen LogP contribution in [0.3, 0.4) is 0 Å². The first kappa shape index (κ1) is 15.1. The van der Waals surface area contributed by atoms with E-state index in [-0.39, 0.29) is 23.1 Å². The zero-order valence-electron chi connectivity index (χ0n) is 12.1. The van der Waals surface area contributed by atoms with Crippen LogP contribution in [0.4, 0.5) is 0 Å². The molecule has 19 heavy (non-hydrogen) atoms. The average molecular weight is 289 g/mol. The topological polar surface area (TPSA) is 56.8 Å². The first-order valence-electron chi connectivity index (χ1n) is 6.46. The van der Waals surface area contributed by atoms with E-state index in [9.17, 15) is 4.21 Å². The monoisotopic (exact) mass is 289 g/mol. The van der Waals surface area contributed by atoms with Gasteiger partial charge >= 0.3 is 0 Å². The van der Waals surface area contributed by atoms with Gasteiger partial charge < -0.3 is 14.2 Å². The molecule has 2 fully saturated rings. The Kier molecular flexibility index (Phi) is 3.92. The van der Waals surface area contributed by atoms with Crippen molar-refractivity contribution in [3.8, 4) is 0 Å². The van der Waals surface area contributed by atoms with Crippen LogP contribution in [0.1, 0.15) is 34.6 Å². The average Bonchev–Trinajstić information content (AvgIpc) is 2.72. The molecule has 0 aliphatic carbocycles. The van der Waals surface area contributed by atoms with Gasteiger partial charge in [-0.2, -0.15) is 0 Å². The van der Waals surface area contributed by atoms with Gasteiger partial charge in [-0.25, -0.2) is 8.93 Å².